The van der Waals surface area contributed by atoms with E-state index in [-0.39, 0.29) is 5.91 Å². The summed E-state index contributed by atoms with van der Waals surface area (Å²) in [6.45, 7) is 1.79. The van der Waals surface area contributed by atoms with E-state index in [1.165, 1.54) is 0 Å². The minimum atomic E-state index is -0.275. The first-order valence-corrected chi connectivity index (χ1v) is 6.11. The van der Waals surface area contributed by atoms with Gasteiger partial charge in [0.1, 0.15) is 5.75 Å². The van der Waals surface area contributed by atoms with Crippen LogP contribution in [-0.4, -0.2) is 23.7 Å². The molecule has 0 atom stereocenters. The largest absolute Gasteiger partial charge is 0.497 e. The molecule has 102 valence electrons. The Bertz CT molecular complexity index is 607. The summed E-state index contributed by atoms with van der Waals surface area (Å²) >= 11 is 0. The minimum Gasteiger partial charge on any atom is -0.497 e. The fourth-order valence-electron chi connectivity index (χ4n) is 1.58. The number of carbonyl (C=O) groups excluding carboxylic acids is 1. The van der Waals surface area contributed by atoms with Crippen LogP contribution in [-0.2, 0) is 0 Å². The van der Waals surface area contributed by atoms with Crippen molar-refractivity contribution >= 4 is 11.6 Å². The van der Waals surface area contributed by atoms with Crippen LogP contribution in [0.25, 0.3) is 0 Å². The number of pyridine rings is 1. The third kappa shape index (κ3) is 3.41. The van der Waals surface area contributed by atoms with Crippen molar-refractivity contribution in [2.75, 3.05) is 7.11 Å². The number of rotatable bonds is 4. The summed E-state index contributed by atoms with van der Waals surface area (Å²) in [6.07, 6.45) is 1.68. The van der Waals surface area contributed by atoms with Gasteiger partial charge in [-0.05, 0) is 43.3 Å². The Kier molecular flexibility index (Phi) is 4.44. The van der Waals surface area contributed by atoms with Gasteiger partial charge in [-0.2, -0.15) is 5.10 Å². The predicted molar refractivity (Wildman–Crippen MR) is 76.9 cm³/mol. The SMILES string of the molecule is COc1ccc(C(=O)NN=C(C)c2ccccn2)cc1. The van der Waals surface area contributed by atoms with E-state index in [0.717, 1.165) is 5.69 Å². The van der Waals surface area contributed by atoms with E-state index >= 15 is 0 Å². The molecule has 0 spiro atoms. The molecule has 0 saturated carbocycles. The molecule has 0 aliphatic heterocycles. The van der Waals surface area contributed by atoms with Crippen LogP contribution in [0.4, 0.5) is 0 Å². The third-order valence-corrected chi connectivity index (χ3v) is 2.71. The zero-order valence-corrected chi connectivity index (χ0v) is 11.3. The lowest BCUT2D eigenvalue weighted by Crippen LogP contribution is -2.19. The van der Waals surface area contributed by atoms with Crippen LogP contribution in [0, 0.1) is 0 Å². The molecule has 1 aromatic carbocycles. The highest BCUT2D eigenvalue weighted by atomic mass is 16.5. The van der Waals surface area contributed by atoms with Crippen LogP contribution in [0.15, 0.2) is 53.8 Å². The second kappa shape index (κ2) is 6.47. The summed E-state index contributed by atoms with van der Waals surface area (Å²) in [5, 5.41) is 4.04. The first-order valence-electron chi connectivity index (χ1n) is 6.11. The molecule has 0 aliphatic rings. The average molecular weight is 269 g/mol. The average Bonchev–Trinajstić information content (AvgIpc) is 2.53. The summed E-state index contributed by atoms with van der Waals surface area (Å²) in [5.41, 5.74) is 4.39. The molecule has 2 rings (SSSR count). The predicted octanol–water partition coefficient (Wildman–Crippen LogP) is 2.24. The molecule has 0 saturated heterocycles. The standard InChI is InChI=1S/C15H15N3O2/c1-11(14-5-3-4-10-16-14)17-18-15(19)12-6-8-13(20-2)9-7-12/h3-10H,1-2H3,(H,18,19). The summed E-state index contributed by atoms with van der Waals surface area (Å²) in [6, 6.07) is 12.3. The number of methoxy groups -OCH3 is 1. The molecule has 1 amide bonds. The summed E-state index contributed by atoms with van der Waals surface area (Å²) in [4.78, 5) is 16.1. The fourth-order valence-corrected chi connectivity index (χ4v) is 1.58. The van der Waals surface area contributed by atoms with Crippen molar-refractivity contribution in [2.24, 2.45) is 5.10 Å². The van der Waals surface area contributed by atoms with Gasteiger partial charge < -0.3 is 4.74 Å². The van der Waals surface area contributed by atoms with Gasteiger partial charge in [-0.25, -0.2) is 5.43 Å². The molecule has 1 N–H and O–H groups in total. The molecule has 0 bridgehead atoms. The van der Waals surface area contributed by atoms with Crippen LogP contribution in [0.1, 0.15) is 23.0 Å². The lowest BCUT2D eigenvalue weighted by molar-refractivity contribution is 0.0955. The molecular formula is C15H15N3O2. The summed E-state index contributed by atoms with van der Waals surface area (Å²) in [7, 11) is 1.58. The minimum absolute atomic E-state index is 0.275. The zero-order valence-electron chi connectivity index (χ0n) is 11.3. The Morgan fingerprint density at radius 2 is 1.95 bits per heavy atom. The molecule has 2 aromatic rings. The first-order chi connectivity index (χ1) is 9.70. The van der Waals surface area contributed by atoms with E-state index in [0.29, 0.717) is 17.0 Å². The van der Waals surface area contributed by atoms with Crippen molar-refractivity contribution in [3.05, 3.63) is 59.9 Å². The highest BCUT2D eigenvalue weighted by molar-refractivity contribution is 5.99. The molecular weight excluding hydrogens is 254 g/mol. The van der Waals surface area contributed by atoms with Gasteiger partial charge in [0.15, 0.2) is 0 Å². The van der Waals surface area contributed by atoms with Crippen molar-refractivity contribution in [1.82, 2.24) is 10.4 Å². The Hall–Kier alpha value is -2.69. The van der Waals surface area contributed by atoms with E-state index in [1.807, 2.05) is 18.2 Å². The second-order valence-corrected chi connectivity index (χ2v) is 4.08. The topological polar surface area (TPSA) is 63.6 Å². The Balaban J connectivity index is 2.04. The quantitative estimate of drug-likeness (QED) is 0.684. The molecule has 0 unspecified atom stereocenters. The van der Waals surface area contributed by atoms with Gasteiger partial charge in [-0.3, -0.25) is 9.78 Å². The van der Waals surface area contributed by atoms with Crippen molar-refractivity contribution < 1.29 is 9.53 Å². The lowest BCUT2D eigenvalue weighted by atomic mass is 10.2. The van der Waals surface area contributed by atoms with Gasteiger partial charge in [-0.1, -0.05) is 6.07 Å². The van der Waals surface area contributed by atoms with Crippen LogP contribution in [0.2, 0.25) is 0 Å². The highest BCUT2D eigenvalue weighted by Gasteiger charge is 2.05. The second-order valence-electron chi connectivity index (χ2n) is 4.08. The van der Waals surface area contributed by atoms with Crippen LogP contribution < -0.4 is 10.2 Å². The molecule has 5 nitrogen and oxygen atoms in total. The number of hydrogen-bond donors (Lipinski definition) is 1. The Morgan fingerprint density at radius 1 is 1.20 bits per heavy atom. The number of hydrazone groups is 1. The van der Waals surface area contributed by atoms with E-state index in [9.17, 15) is 4.79 Å². The van der Waals surface area contributed by atoms with Gasteiger partial charge >= 0.3 is 0 Å². The third-order valence-electron chi connectivity index (χ3n) is 2.71. The maximum absolute atomic E-state index is 11.9. The van der Waals surface area contributed by atoms with Gasteiger partial charge in [-0.15, -0.1) is 0 Å². The van der Waals surface area contributed by atoms with Crippen molar-refractivity contribution in [1.29, 1.82) is 0 Å². The molecule has 5 heteroatoms. The number of ether oxygens (including phenoxy) is 1. The van der Waals surface area contributed by atoms with E-state index in [1.54, 1.807) is 44.5 Å². The van der Waals surface area contributed by atoms with E-state index < -0.39 is 0 Å². The summed E-state index contributed by atoms with van der Waals surface area (Å²) in [5.74, 6) is 0.428. The molecule has 20 heavy (non-hydrogen) atoms. The maximum atomic E-state index is 11.9. The van der Waals surface area contributed by atoms with Crippen molar-refractivity contribution in [3.63, 3.8) is 0 Å². The van der Waals surface area contributed by atoms with Crippen LogP contribution in [0.3, 0.4) is 0 Å². The molecule has 0 fully saturated rings. The van der Waals surface area contributed by atoms with Crippen LogP contribution >= 0.6 is 0 Å². The first kappa shape index (κ1) is 13.7. The molecule has 1 aromatic heterocycles. The van der Waals surface area contributed by atoms with Gasteiger partial charge in [0.25, 0.3) is 5.91 Å². The smallest absolute Gasteiger partial charge is 0.271 e. The van der Waals surface area contributed by atoms with Gasteiger partial charge in [0, 0.05) is 11.8 Å². The Morgan fingerprint density at radius 3 is 2.55 bits per heavy atom. The molecule has 1 heterocycles. The summed E-state index contributed by atoms with van der Waals surface area (Å²) < 4.78 is 5.04. The fraction of sp³-hybridized carbons (Fsp3) is 0.133. The molecule has 0 aliphatic carbocycles. The number of carbonyl (C=O) groups is 1. The van der Waals surface area contributed by atoms with Crippen molar-refractivity contribution in [2.45, 2.75) is 6.92 Å². The number of nitrogens with one attached hydrogen (secondary N) is 1. The maximum Gasteiger partial charge on any atom is 0.271 e. The monoisotopic (exact) mass is 269 g/mol. The zero-order chi connectivity index (χ0) is 14.4. The number of amides is 1. The number of aromatic nitrogens is 1. The van der Waals surface area contributed by atoms with Gasteiger partial charge in [0.05, 0.1) is 18.5 Å². The van der Waals surface area contributed by atoms with E-state index in [4.69, 9.17) is 4.74 Å². The van der Waals surface area contributed by atoms with Crippen molar-refractivity contribution in [3.8, 4) is 5.75 Å². The number of hydrogen-bond acceptors (Lipinski definition) is 4. The lowest BCUT2D eigenvalue weighted by Gasteiger charge is -2.03. The number of benzene rings is 1. The highest BCUT2D eigenvalue weighted by Crippen LogP contribution is 2.11. The van der Waals surface area contributed by atoms with Gasteiger partial charge in [0.2, 0.25) is 0 Å². The number of nitrogens with zero attached hydrogens (tertiary/aromatic N) is 2. The Labute approximate surface area is 117 Å². The molecule has 0 radical (unpaired) electrons. The van der Waals surface area contributed by atoms with Crippen LogP contribution in [0.5, 0.6) is 5.75 Å². The normalized spacial score (nSPS) is 11.0. The van der Waals surface area contributed by atoms with E-state index in [2.05, 4.69) is 15.5 Å².